The second-order valence-corrected chi connectivity index (χ2v) is 8.55. The van der Waals surface area contributed by atoms with Crippen LogP contribution in [0.2, 0.25) is 0 Å². The zero-order valence-corrected chi connectivity index (χ0v) is 23.5. The van der Waals surface area contributed by atoms with Crippen LogP contribution >= 0.6 is 0 Å². The molecule has 2 heterocycles. The minimum absolute atomic E-state index is 0.547. The molecular formula is C30H34N4O6. The molecule has 10 heteroatoms. The van der Waals surface area contributed by atoms with Crippen LogP contribution in [-0.2, 0) is 0 Å². The van der Waals surface area contributed by atoms with Gasteiger partial charge in [-0.1, -0.05) is 0 Å². The predicted molar refractivity (Wildman–Crippen MR) is 156 cm³/mol. The lowest BCUT2D eigenvalue weighted by atomic mass is 10.1. The molecule has 210 valence electrons. The van der Waals surface area contributed by atoms with Crippen LogP contribution in [0.4, 0.5) is 11.4 Å². The normalized spacial score (nSPS) is 10.4. The minimum atomic E-state index is 0.547. The molecule has 0 fully saturated rings. The number of aromatic nitrogens is 2. The number of benzene rings is 2. The van der Waals surface area contributed by atoms with E-state index < -0.39 is 0 Å². The third-order valence-corrected chi connectivity index (χ3v) is 6.23. The summed E-state index contributed by atoms with van der Waals surface area (Å²) in [7, 11) is 9.53. The summed E-state index contributed by atoms with van der Waals surface area (Å²) in [5, 5.41) is 6.75. The lowest BCUT2D eigenvalue weighted by molar-refractivity contribution is 0.324. The molecule has 0 atom stereocenters. The van der Waals surface area contributed by atoms with Crippen LogP contribution in [0.5, 0.6) is 34.5 Å². The molecular weight excluding hydrogens is 512 g/mol. The molecule has 0 saturated carbocycles. The first kappa shape index (κ1) is 28.2. The van der Waals surface area contributed by atoms with Gasteiger partial charge >= 0.3 is 0 Å². The number of nitrogens with zero attached hydrogens (tertiary/aromatic N) is 2. The standard InChI is InChI=1S/C30H34N4O6/c1-35-25-13-19(14-26(36-2)29(25)39-5)23-9-7-21(17-33-23)31-11-12-32-22-8-10-24(34-18-22)20-15-27(37-3)30(40-6)28(16-20)38-4/h7-10,13-18,31-32H,11-12H2,1-6H3. The lowest BCUT2D eigenvalue weighted by Crippen LogP contribution is -2.13. The van der Waals surface area contributed by atoms with Crippen molar-refractivity contribution in [1.82, 2.24) is 9.97 Å². The summed E-state index contributed by atoms with van der Waals surface area (Å²) in [6, 6.07) is 15.4. The third-order valence-electron chi connectivity index (χ3n) is 6.23. The Morgan fingerprint density at radius 2 is 0.850 bits per heavy atom. The Morgan fingerprint density at radius 3 is 1.10 bits per heavy atom. The van der Waals surface area contributed by atoms with Gasteiger partial charge in [-0.25, -0.2) is 0 Å². The SMILES string of the molecule is COc1cc(-c2ccc(NCCNc3ccc(-c4cc(OC)c(OC)c(OC)c4)nc3)cn2)cc(OC)c1OC. The smallest absolute Gasteiger partial charge is 0.203 e. The van der Waals surface area contributed by atoms with Crippen LogP contribution in [0.25, 0.3) is 22.5 Å². The van der Waals surface area contributed by atoms with Crippen molar-refractivity contribution in [3.63, 3.8) is 0 Å². The average molecular weight is 547 g/mol. The highest BCUT2D eigenvalue weighted by Gasteiger charge is 2.16. The molecule has 4 rings (SSSR count). The van der Waals surface area contributed by atoms with Crippen molar-refractivity contribution in [2.75, 3.05) is 66.4 Å². The highest BCUT2D eigenvalue weighted by molar-refractivity contribution is 5.70. The van der Waals surface area contributed by atoms with Crippen LogP contribution in [0.15, 0.2) is 60.9 Å². The van der Waals surface area contributed by atoms with Gasteiger partial charge in [0.1, 0.15) is 0 Å². The van der Waals surface area contributed by atoms with Gasteiger partial charge in [0.15, 0.2) is 23.0 Å². The first-order valence-electron chi connectivity index (χ1n) is 12.6. The number of methoxy groups -OCH3 is 6. The van der Waals surface area contributed by atoms with Crippen molar-refractivity contribution in [1.29, 1.82) is 0 Å². The predicted octanol–water partition coefficient (Wildman–Crippen LogP) is 5.39. The van der Waals surface area contributed by atoms with E-state index in [1.807, 2.05) is 48.5 Å². The summed E-state index contributed by atoms with van der Waals surface area (Å²) in [6.07, 6.45) is 3.60. The summed E-state index contributed by atoms with van der Waals surface area (Å²) < 4.78 is 32.6. The molecule has 0 spiro atoms. The van der Waals surface area contributed by atoms with E-state index in [0.717, 1.165) is 33.9 Å². The van der Waals surface area contributed by atoms with Crippen LogP contribution in [0.1, 0.15) is 0 Å². The van der Waals surface area contributed by atoms with Gasteiger partial charge in [0, 0.05) is 24.2 Å². The number of hydrogen-bond acceptors (Lipinski definition) is 10. The molecule has 0 aliphatic heterocycles. The summed E-state index contributed by atoms with van der Waals surface area (Å²) in [4.78, 5) is 9.19. The zero-order valence-electron chi connectivity index (χ0n) is 23.5. The second kappa shape index (κ2) is 13.3. The maximum absolute atomic E-state index is 5.45. The molecule has 0 amide bonds. The van der Waals surface area contributed by atoms with Gasteiger partial charge in [0.2, 0.25) is 11.5 Å². The molecule has 0 saturated heterocycles. The van der Waals surface area contributed by atoms with E-state index in [4.69, 9.17) is 28.4 Å². The van der Waals surface area contributed by atoms with Gasteiger partial charge < -0.3 is 39.1 Å². The highest BCUT2D eigenvalue weighted by Crippen LogP contribution is 2.42. The van der Waals surface area contributed by atoms with Crippen molar-refractivity contribution < 1.29 is 28.4 Å². The molecule has 0 aliphatic carbocycles. The number of hydrogen-bond donors (Lipinski definition) is 2. The molecule has 4 aromatic rings. The van der Waals surface area contributed by atoms with Gasteiger partial charge in [0.25, 0.3) is 0 Å². The fourth-order valence-electron chi connectivity index (χ4n) is 4.21. The van der Waals surface area contributed by atoms with E-state index in [1.54, 1.807) is 55.1 Å². The molecule has 0 bridgehead atoms. The number of nitrogens with one attached hydrogen (secondary N) is 2. The fourth-order valence-corrected chi connectivity index (χ4v) is 4.21. The summed E-state index contributed by atoms with van der Waals surface area (Å²) in [6.45, 7) is 1.39. The summed E-state index contributed by atoms with van der Waals surface area (Å²) in [5.74, 6) is 3.42. The summed E-state index contributed by atoms with van der Waals surface area (Å²) >= 11 is 0. The Balaban J connectivity index is 1.33. The minimum Gasteiger partial charge on any atom is -0.493 e. The fraction of sp³-hybridized carbons (Fsp3) is 0.267. The third kappa shape index (κ3) is 6.23. The first-order chi connectivity index (χ1) is 19.5. The second-order valence-electron chi connectivity index (χ2n) is 8.55. The Hall–Kier alpha value is -4.86. The van der Waals surface area contributed by atoms with Crippen molar-refractivity contribution in [3.8, 4) is 57.0 Å². The number of pyridine rings is 2. The monoisotopic (exact) mass is 546 g/mol. The lowest BCUT2D eigenvalue weighted by Gasteiger charge is -2.14. The van der Waals surface area contributed by atoms with Crippen LogP contribution in [-0.4, -0.2) is 65.7 Å². The van der Waals surface area contributed by atoms with Gasteiger partial charge in [0.05, 0.1) is 77.8 Å². The first-order valence-corrected chi connectivity index (χ1v) is 12.6. The van der Waals surface area contributed by atoms with Crippen molar-refractivity contribution in [3.05, 3.63) is 60.9 Å². The van der Waals surface area contributed by atoms with Crippen molar-refractivity contribution in [2.45, 2.75) is 0 Å². The van der Waals surface area contributed by atoms with Gasteiger partial charge in [-0.2, -0.15) is 0 Å². The van der Waals surface area contributed by atoms with E-state index >= 15 is 0 Å². The maximum Gasteiger partial charge on any atom is 0.203 e. The average Bonchev–Trinajstić information content (AvgIpc) is 3.02. The number of rotatable bonds is 13. The van der Waals surface area contributed by atoms with Crippen LogP contribution in [0, 0.1) is 0 Å². The van der Waals surface area contributed by atoms with Gasteiger partial charge in [-0.3, -0.25) is 9.97 Å². The number of anilines is 2. The van der Waals surface area contributed by atoms with E-state index in [0.29, 0.717) is 47.6 Å². The summed E-state index contributed by atoms with van der Waals surface area (Å²) in [5.41, 5.74) is 5.14. The van der Waals surface area contributed by atoms with Gasteiger partial charge in [-0.15, -0.1) is 0 Å². The van der Waals surface area contributed by atoms with Gasteiger partial charge in [-0.05, 0) is 48.5 Å². The molecule has 2 aromatic carbocycles. The molecule has 0 aliphatic rings. The highest BCUT2D eigenvalue weighted by atomic mass is 16.5. The van der Waals surface area contributed by atoms with E-state index in [1.165, 1.54) is 0 Å². The van der Waals surface area contributed by atoms with Crippen molar-refractivity contribution in [2.24, 2.45) is 0 Å². The molecule has 2 N–H and O–H groups in total. The Labute approximate surface area is 234 Å². The van der Waals surface area contributed by atoms with Crippen LogP contribution < -0.4 is 39.1 Å². The largest absolute Gasteiger partial charge is 0.493 e. The number of ether oxygens (including phenoxy) is 6. The molecule has 40 heavy (non-hydrogen) atoms. The maximum atomic E-state index is 5.45. The molecule has 10 nitrogen and oxygen atoms in total. The quantitative estimate of drug-likeness (QED) is 0.212. The van der Waals surface area contributed by atoms with E-state index in [2.05, 4.69) is 20.6 Å². The van der Waals surface area contributed by atoms with Crippen molar-refractivity contribution >= 4 is 11.4 Å². The zero-order chi connectivity index (χ0) is 28.5. The Morgan fingerprint density at radius 1 is 0.500 bits per heavy atom. The van der Waals surface area contributed by atoms with E-state index in [-0.39, 0.29) is 0 Å². The molecule has 0 radical (unpaired) electrons. The molecule has 2 aromatic heterocycles. The Kier molecular flexibility index (Phi) is 9.35. The molecule has 0 unspecified atom stereocenters. The van der Waals surface area contributed by atoms with Crippen LogP contribution in [0.3, 0.4) is 0 Å². The topological polar surface area (TPSA) is 105 Å². The Bertz CT molecular complexity index is 1250. The van der Waals surface area contributed by atoms with E-state index in [9.17, 15) is 0 Å².